The van der Waals surface area contributed by atoms with Gasteiger partial charge in [-0.2, -0.15) is 0 Å². The van der Waals surface area contributed by atoms with E-state index in [9.17, 15) is 0 Å². The SMILES string of the molecule is CC(O)C(N)C(N)C(O)CO. The average molecular weight is 164 g/mol. The van der Waals surface area contributed by atoms with E-state index in [1.165, 1.54) is 6.92 Å². The summed E-state index contributed by atoms with van der Waals surface area (Å²) in [4.78, 5) is 0. The molecule has 0 aliphatic heterocycles. The molecule has 5 heteroatoms. The minimum Gasteiger partial charge on any atom is -0.394 e. The highest BCUT2D eigenvalue weighted by Gasteiger charge is 2.24. The van der Waals surface area contributed by atoms with Crippen molar-refractivity contribution in [2.75, 3.05) is 6.61 Å². The summed E-state index contributed by atoms with van der Waals surface area (Å²) in [7, 11) is 0. The highest BCUT2D eigenvalue weighted by atomic mass is 16.3. The molecular weight excluding hydrogens is 148 g/mol. The fourth-order valence-electron chi connectivity index (χ4n) is 0.700. The third-order valence-corrected chi connectivity index (χ3v) is 1.63. The number of hydrogen-bond acceptors (Lipinski definition) is 5. The van der Waals surface area contributed by atoms with Crippen molar-refractivity contribution in [3.05, 3.63) is 0 Å². The van der Waals surface area contributed by atoms with Gasteiger partial charge in [0.15, 0.2) is 0 Å². The molecule has 5 nitrogen and oxygen atoms in total. The van der Waals surface area contributed by atoms with Crippen LogP contribution in [0.1, 0.15) is 6.92 Å². The van der Waals surface area contributed by atoms with E-state index in [0.717, 1.165) is 0 Å². The molecule has 0 amide bonds. The summed E-state index contributed by atoms with van der Waals surface area (Å²) in [5.74, 6) is 0. The molecule has 0 heterocycles. The summed E-state index contributed by atoms with van der Waals surface area (Å²) in [6.07, 6.45) is -1.86. The van der Waals surface area contributed by atoms with Crippen LogP contribution < -0.4 is 11.5 Å². The van der Waals surface area contributed by atoms with Gasteiger partial charge in [0, 0.05) is 6.04 Å². The summed E-state index contributed by atoms with van der Waals surface area (Å²) in [5, 5.41) is 26.4. The van der Waals surface area contributed by atoms with Crippen LogP contribution in [0.25, 0.3) is 0 Å². The summed E-state index contributed by atoms with van der Waals surface area (Å²) < 4.78 is 0. The maximum Gasteiger partial charge on any atom is 0.0937 e. The Labute approximate surface area is 65.6 Å². The lowest BCUT2D eigenvalue weighted by Crippen LogP contribution is -2.55. The summed E-state index contributed by atoms with van der Waals surface area (Å²) >= 11 is 0. The number of hydrogen-bond donors (Lipinski definition) is 5. The van der Waals surface area contributed by atoms with Gasteiger partial charge in [0.2, 0.25) is 0 Å². The van der Waals surface area contributed by atoms with Crippen molar-refractivity contribution in [1.29, 1.82) is 0 Å². The second kappa shape index (κ2) is 4.63. The van der Waals surface area contributed by atoms with Gasteiger partial charge in [-0.1, -0.05) is 0 Å². The molecule has 4 atom stereocenters. The van der Waals surface area contributed by atoms with Crippen LogP contribution in [0.15, 0.2) is 0 Å². The standard InChI is InChI=1S/C6H16N2O3/c1-3(10)5(7)6(8)4(11)2-9/h3-6,9-11H,2,7-8H2,1H3. The topological polar surface area (TPSA) is 113 Å². The maximum absolute atomic E-state index is 8.98. The van der Waals surface area contributed by atoms with Gasteiger partial charge in [0.05, 0.1) is 24.9 Å². The van der Waals surface area contributed by atoms with Crippen LogP contribution in [0.2, 0.25) is 0 Å². The van der Waals surface area contributed by atoms with Crippen molar-refractivity contribution in [2.24, 2.45) is 11.5 Å². The molecule has 0 aliphatic carbocycles. The van der Waals surface area contributed by atoms with Crippen LogP contribution in [0.5, 0.6) is 0 Å². The van der Waals surface area contributed by atoms with Crippen LogP contribution in [0.3, 0.4) is 0 Å². The number of nitrogens with two attached hydrogens (primary N) is 2. The van der Waals surface area contributed by atoms with E-state index in [2.05, 4.69) is 0 Å². The molecular formula is C6H16N2O3. The van der Waals surface area contributed by atoms with Crippen molar-refractivity contribution in [3.63, 3.8) is 0 Å². The van der Waals surface area contributed by atoms with Crippen LogP contribution in [0.4, 0.5) is 0 Å². The van der Waals surface area contributed by atoms with Gasteiger partial charge in [0.1, 0.15) is 0 Å². The van der Waals surface area contributed by atoms with Crippen molar-refractivity contribution in [2.45, 2.75) is 31.2 Å². The van der Waals surface area contributed by atoms with E-state index in [4.69, 9.17) is 26.8 Å². The molecule has 0 aromatic heterocycles. The summed E-state index contributed by atoms with van der Waals surface area (Å²) in [5.41, 5.74) is 10.8. The lowest BCUT2D eigenvalue weighted by atomic mass is 10.0. The molecule has 0 radical (unpaired) electrons. The van der Waals surface area contributed by atoms with Crippen molar-refractivity contribution in [1.82, 2.24) is 0 Å². The first-order valence-electron chi connectivity index (χ1n) is 3.48. The Morgan fingerprint density at radius 3 is 1.91 bits per heavy atom. The molecule has 11 heavy (non-hydrogen) atoms. The molecule has 0 aliphatic rings. The van der Waals surface area contributed by atoms with Gasteiger partial charge in [-0.25, -0.2) is 0 Å². The van der Waals surface area contributed by atoms with Crippen LogP contribution in [-0.2, 0) is 0 Å². The first-order chi connectivity index (χ1) is 5.00. The smallest absolute Gasteiger partial charge is 0.0937 e. The van der Waals surface area contributed by atoms with Gasteiger partial charge in [-0.3, -0.25) is 0 Å². The average Bonchev–Trinajstić information content (AvgIpc) is 2.00. The molecule has 7 N–H and O–H groups in total. The molecule has 0 fully saturated rings. The minimum atomic E-state index is -1.07. The van der Waals surface area contributed by atoms with E-state index < -0.39 is 30.9 Å². The molecule has 0 aromatic rings. The predicted octanol–water partition coefficient (Wildman–Crippen LogP) is -2.62. The lowest BCUT2D eigenvalue weighted by Gasteiger charge is -2.25. The summed E-state index contributed by atoms with van der Waals surface area (Å²) in [6.45, 7) is 1.04. The zero-order valence-corrected chi connectivity index (χ0v) is 6.51. The molecule has 0 bridgehead atoms. The highest BCUT2D eigenvalue weighted by molar-refractivity contribution is 4.85. The fourth-order valence-corrected chi connectivity index (χ4v) is 0.700. The number of aliphatic hydroxyl groups excluding tert-OH is 3. The monoisotopic (exact) mass is 164 g/mol. The number of rotatable bonds is 4. The van der Waals surface area contributed by atoms with E-state index in [0.29, 0.717) is 0 Å². The van der Waals surface area contributed by atoms with E-state index in [-0.39, 0.29) is 0 Å². The normalized spacial score (nSPS) is 22.4. The number of aliphatic hydroxyl groups is 3. The molecule has 68 valence electrons. The van der Waals surface area contributed by atoms with Gasteiger partial charge in [0.25, 0.3) is 0 Å². The maximum atomic E-state index is 8.98. The Morgan fingerprint density at radius 1 is 1.18 bits per heavy atom. The van der Waals surface area contributed by atoms with Crippen molar-refractivity contribution in [3.8, 4) is 0 Å². The molecule has 0 saturated carbocycles. The Kier molecular flexibility index (Phi) is 4.55. The van der Waals surface area contributed by atoms with Crippen LogP contribution in [0, 0.1) is 0 Å². The van der Waals surface area contributed by atoms with Crippen molar-refractivity contribution >= 4 is 0 Å². The van der Waals surface area contributed by atoms with Crippen molar-refractivity contribution < 1.29 is 15.3 Å². The molecule has 0 rings (SSSR count). The highest BCUT2D eigenvalue weighted by Crippen LogP contribution is 1.98. The molecule has 0 spiro atoms. The first kappa shape index (κ1) is 10.8. The van der Waals surface area contributed by atoms with Crippen LogP contribution in [-0.4, -0.2) is 46.2 Å². The zero-order valence-electron chi connectivity index (χ0n) is 6.51. The van der Waals surface area contributed by atoms with Gasteiger partial charge >= 0.3 is 0 Å². The van der Waals surface area contributed by atoms with Gasteiger partial charge in [-0.05, 0) is 6.92 Å². The zero-order chi connectivity index (χ0) is 9.02. The Morgan fingerprint density at radius 2 is 1.64 bits per heavy atom. The Bertz CT molecular complexity index is 110. The second-order valence-corrected chi connectivity index (χ2v) is 2.65. The third-order valence-electron chi connectivity index (χ3n) is 1.63. The minimum absolute atomic E-state index is 0.443. The van der Waals surface area contributed by atoms with E-state index in [1.807, 2.05) is 0 Å². The first-order valence-corrected chi connectivity index (χ1v) is 3.48. The van der Waals surface area contributed by atoms with Crippen LogP contribution >= 0.6 is 0 Å². The molecule has 0 aromatic carbocycles. The molecule has 4 unspecified atom stereocenters. The molecule has 0 saturated heterocycles. The second-order valence-electron chi connectivity index (χ2n) is 2.65. The fraction of sp³-hybridized carbons (Fsp3) is 1.00. The van der Waals surface area contributed by atoms with Gasteiger partial charge in [-0.15, -0.1) is 0 Å². The van der Waals surface area contributed by atoms with Gasteiger partial charge < -0.3 is 26.8 Å². The largest absolute Gasteiger partial charge is 0.394 e. The Hall–Kier alpha value is -0.200. The van der Waals surface area contributed by atoms with E-state index >= 15 is 0 Å². The Balaban J connectivity index is 3.90. The lowest BCUT2D eigenvalue weighted by molar-refractivity contribution is 0.0451. The quantitative estimate of drug-likeness (QED) is 0.312. The third kappa shape index (κ3) is 3.13. The predicted molar refractivity (Wildman–Crippen MR) is 40.7 cm³/mol. The summed E-state index contributed by atoms with van der Waals surface area (Å²) in [6, 6.07) is -1.50. The van der Waals surface area contributed by atoms with E-state index in [1.54, 1.807) is 0 Å².